The average Bonchev–Trinajstić information content (AvgIpc) is 3.50. The molecule has 1 fully saturated rings. The summed E-state index contributed by atoms with van der Waals surface area (Å²) in [6.07, 6.45) is -73.5. The van der Waals surface area contributed by atoms with Crippen LogP contribution in [0, 0.1) is 0 Å². The van der Waals surface area contributed by atoms with Crippen LogP contribution < -0.4 is 0 Å². The summed E-state index contributed by atoms with van der Waals surface area (Å²) in [7, 11) is 0. The molecule has 1 rings (SSSR count). The van der Waals surface area contributed by atoms with Gasteiger partial charge < -0.3 is 9.47 Å². The molecule has 0 amide bonds. The molecule has 0 saturated carbocycles. The highest BCUT2D eigenvalue weighted by molar-refractivity contribution is 5.79. The Morgan fingerprint density at radius 3 is 1.15 bits per heavy atom. The maximum atomic E-state index is 14.4. The van der Waals surface area contributed by atoms with Gasteiger partial charge in [0.15, 0.2) is 13.3 Å². The summed E-state index contributed by atoms with van der Waals surface area (Å²) in [5, 5.41) is 0. The van der Waals surface area contributed by atoms with E-state index in [-0.39, 0.29) is 0 Å². The van der Waals surface area contributed by atoms with Gasteiger partial charge in [-0.15, -0.1) is 9.88 Å². The van der Waals surface area contributed by atoms with E-state index in [0.717, 1.165) is 9.68 Å². The standard InChI is InChI=1S/C15H4F24O6.C4F10O.C2H2F4O/c16-1-4(17)2-41-8(43-4,12(31,32)33)15(38,39)42-3(40)5(18,9(22,23)24)44-14(36,37)7(21,11(28,29)30)45-13(34,35)6(19,20)10(25,26)27;5-1(6,3(9,10)11)2(7,8)4(12,13)15-14;3-1-2(4,5)7-6/h1-2H2;;1H2. The molecule has 0 aliphatic carbocycles. The van der Waals surface area contributed by atoms with Crippen LogP contribution in [0.2, 0.25) is 0 Å². The summed E-state index contributed by atoms with van der Waals surface area (Å²) in [5.74, 6) is -55.3. The monoisotopic (exact) mass is 1110 g/mol. The Bertz CT molecular complexity index is 1630. The van der Waals surface area contributed by atoms with E-state index in [2.05, 4.69) is 9.47 Å². The molecule has 0 spiro atoms. The maximum absolute atomic E-state index is 14.4. The third kappa shape index (κ3) is 12.7. The van der Waals surface area contributed by atoms with Crippen molar-refractivity contribution in [2.45, 2.75) is 103 Å². The summed E-state index contributed by atoms with van der Waals surface area (Å²) in [6.45, 7) is -7.69. The number of ether oxygens (including phenoxy) is 5. The van der Waals surface area contributed by atoms with Gasteiger partial charge in [-0.05, 0) is 9.05 Å². The molecule has 1 aliphatic heterocycles. The first-order chi connectivity index (χ1) is 28.7. The molecule has 67 heavy (non-hydrogen) atoms. The van der Waals surface area contributed by atoms with E-state index in [1.807, 2.05) is 9.68 Å². The highest BCUT2D eigenvalue weighted by Crippen LogP contribution is 2.59. The van der Waals surface area contributed by atoms with Gasteiger partial charge in [0, 0.05) is 0 Å². The number of carbonyl (C=O) groups excluding carboxylic acids is 1. The zero-order chi connectivity index (χ0) is 55.1. The summed E-state index contributed by atoms with van der Waals surface area (Å²) in [6, 6.07) is 0. The van der Waals surface area contributed by atoms with E-state index in [1.54, 1.807) is 0 Å². The van der Waals surface area contributed by atoms with Crippen molar-refractivity contribution in [3.63, 3.8) is 0 Å². The fourth-order valence-electron chi connectivity index (χ4n) is 2.86. The lowest BCUT2D eigenvalue weighted by Crippen LogP contribution is -2.69. The first-order valence-corrected chi connectivity index (χ1v) is 13.8. The molecule has 8 nitrogen and oxygen atoms in total. The Labute approximate surface area is 335 Å². The van der Waals surface area contributed by atoms with E-state index in [0.29, 0.717) is 0 Å². The van der Waals surface area contributed by atoms with E-state index < -0.39 is 128 Å². The van der Waals surface area contributed by atoms with Gasteiger partial charge in [0.05, 0.1) is 0 Å². The smallest absolute Gasteiger partial charge is 0.392 e. The fourth-order valence-corrected chi connectivity index (χ4v) is 2.86. The van der Waals surface area contributed by atoms with Gasteiger partial charge >= 0.3 is 103 Å². The van der Waals surface area contributed by atoms with Gasteiger partial charge in [0.1, 0.15) is 6.61 Å². The number of hydrogen-bond donors (Lipinski definition) is 0. The average molecular weight is 1110 g/mol. The molecule has 4 unspecified atom stereocenters. The first-order valence-electron chi connectivity index (χ1n) is 13.8. The molecular formula is C21H6F38O8. The summed E-state index contributed by atoms with van der Waals surface area (Å²) in [4.78, 5) is 14.5. The molecule has 0 bridgehead atoms. The Morgan fingerprint density at radius 1 is 0.493 bits per heavy atom. The predicted octanol–water partition coefficient (Wildman–Crippen LogP) is 11.7. The molecular weight excluding hydrogens is 1100 g/mol. The third-order valence-electron chi connectivity index (χ3n) is 6.10. The second-order valence-electron chi connectivity index (χ2n) is 11.0. The molecule has 0 radical (unpaired) electrons. The molecule has 0 N–H and O–H groups in total. The van der Waals surface area contributed by atoms with Crippen LogP contribution in [0.1, 0.15) is 0 Å². The van der Waals surface area contributed by atoms with Gasteiger partial charge in [-0.3, -0.25) is 14.2 Å². The van der Waals surface area contributed by atoms with E-state index in [9.17, 15) is 172 Å². The highest BCUT2D eigenvalue weighted by Gasteiger charge is 2.88. The zero-order valence-corrected chi connectivity index (χ0v) is 28.7. The number of alkyl halides is 36. The van der Waals surface area contributed by atoms with Crippen molar-refractivity contribution < 1.29 is 205 Å². The third-order valence-corrected chi connectivity index (χ3v) is 6.10. The van der Waals surface area contributed by atoms with Crippen molar-refractivity contribution in [1.29, 1.82) is 0 Å². The quantitative estimate of drug-likeness (QED) is 0.119. The normalized spacial score (nSPS) is 22.2. The summed E-state index contributed by atoms with van der Waals surface area (Å²) >= 11 is 0. The Morgan fingerprint density at radius 2 is 0.896 bits per heavy atom. The van der Waals surface area contributed by atoms with Crippen molar-refractivity contribution in [2.24, 2.45) is 0 Å². The number of carbonyl (C=O) groups is 1. The summed E-state index contributed by atoms with van der Waals surface area (Å²) in [5.41, 5.74) is 0. The van der Waals surface area contributed by atoms with Crippen LogP contribution in [0.5, 0.6) is 0 Å². The SMILES string of the molecule is FCC(F)(F)OF.FOC(F)(F)C(F)(F)C(F)(F)C(F)(F)F.O=C(OC(F)(F)C1(C(F)(F)F)OCC(F)(CF)O1)C(F)(OC(F)(F)C(F)(OC(F)(F)C(F)(F)C(F)(F)F)C(F)(F)F)C(F)(F)F. The minimum Gasteiger partial charge on any atom is -0.392 e. The second-order valence-corrected chi connectivity index (χ2v) is 11.0. The fraction of sp³-hybridized carbons (Fsp3) is 0.952. The number of hydrogen-bond acceptors (Lipinski definition) is 8. The van der Waals surface area contributed by atoms with Gasteiger partial charge in [-0.2, -0.15) is 145 Å². The van der Waals surface area contributed by atoms with Gasteiger partial charge in [-0.25, -0.2) is 18.0 Å². The van der Waals surface area contributed by atoms with Crippen LogP contribution in [0.4, 0.5) is 167 Å². The van der Waals surface area contributed by atoms with Crippen molar-refractivity contribution >= 4 is 5.97 Å². The van der Waals surface area contributed by atoms with E-state index in [4.69, 9.17) is 0 Å². The molecule has 0 aromatic carbocycles. The Kier molecular flexibility index (Phi) is 18.7. The molecule has 0 aromatic rings. The van der Waals surface area contributed by atoms with Crippen LogP contribution in [0.15, 0.2) is 0 Å². The summed E-state index contributed by atoms with van der Waals surface area (Å²) < 4.78 is 485. The van der Waals surface area contributed by atoms with E-state index in [1.165, 1.54) is 4.74 Å². The van der Waals surface area contributed by atoms with Crippen LogP contribution in [0.3, 0.4) is 0 Å². The maximum Gasteiger partial charge on any atom is 0.466 e. The van der Waals surface area contributed by atoms with Crippen LogP contribution >= 0.6 is 0 Å². The van der Waals surface area contributed by atoms with Gasteiger partial charge in [0.25, 0.3) is 5.85 Å². The van der Waals surface area contributed by atoms with Crippen LogP contribution in [0.25, 0.3) is 0 Å². The largest absolute Gasteiger partial charge is 0.466 e. The van der Waals surface area contributed by atoms with Gasteiger partial charge in [0.2, 0.25) is 0 Å². The van der Waals surface area contributed by atoms with Crippen molar-refractivity contribution in [3.8, 4) is 0 Å². The lowest BCUT2D eigenvalue weighted by molar-refractivity contribution is -0.549. The second kappa shape index (κ2) is 19.1. The number of esters is 1. The van der Waals surface area contributed by atoms with Crippen molar-refractivity contribution in [1.82, 2.24) is 0 Å². The van der Waals surface area contributed by atoms with Gasteiger partial charge in [-0.1, -0.05) is 0 Å². The minimum absolute atomic E-state index is 1.09. The molecule has 1 heterocycles. The predicted molar refractivity (Wildman–Crippen MR) is 116 cm³/mol. The van der Waals surface area contributed by atoms with Crippen molar-refractivity contribution in [3.05, 3.63) is 0 Å². The van der Waals surface area contributed by atoms with Crippen LogP contribution in [-0.4, -0.2) is 128 Å². The number of halogens is 38. The lowest BCUT2D eigenvalue weighted by Gasteiger charge is -2.40. The Balaban J connectivity index is 0. The molecule has 46 heteroatoms. The van der Waals surface area contributed by atoms with Crippen molar-refractivity contribution in [2.75, 3.05) is 20.0 Å². The molecule has 1 saturated heterocycles. The molecule has 404 valence electrons. The number of rotatable bonds is 15. The molecule has 0 aromatic heterocycles. The topological polar surface area (TPSA) is 81.7 Å². The lowest BCUT2D eigenvalue weighted by atomic mass is 10.1. The first kappa shape index (κ1) is 65.7. The zero-order valence-electron chi connectivity index (χ0n) is 28.7. The molecule has 4 atom stereocenters. The van der Waals surface area contributed by atoms with Crippen LogP contribution in [-0.2, 0) is 38.4 Å². The highest BCUT2D eigenvalue weighted by atomic mass is 19.5. The van der Waals surface area contributed by atoms with E-state index >= 15 is 0 Å². The molecule has 1 aliphatic rings. The minimum atomic E-state index is -8.59. The Hall–Kier alpha value is -3.43.